The van der Waals surface area contributed by atoms with Gasteiger partial charge >= 0.3 is 0 Å². The van der Waals surface area contributed by atoms with E-state index in [1.165, 1.54) is 5.69 Å². The SMILES string of the molecule is CCNC(=NCc1nccn1CC(C)C)N(C)Cc1cc(Br)cn1C.I. The van der Waals surface area contributed by atoms with Gasteiger partial charge in [0.1, 0.15) is 12.4 Å². The highest BCUT2D eigenvalue weighted by Gasteiger charge is 2.11. The molecular formula is C18H30BrIN6. The van der Waals surface area contributed by atoms with Gasteiger partial charge in [0, 0.05) is 55.9 Å². The molecule has 0 aromatic carbocycles. The van der Waals surface area contributed by atoms with Crippen LogP contribution in [0.1, 0.15) is 32.3 Å². The molecule has 146 valence electrons. The molecule has 0 aliphatic rings. The van der Waals surface area contributed by atoms with Gasteiger partial charge in [-0.15, -0.1) is 24.0 Å². The van der Waals surface area contributed by atoms with Crippen LogP contribution in [0, 0.1) is 5.92 Å². The normalized spacial score (nSPS) is 11.6. The summed E-state index contributed by atoms with van der Waals surface area (Å²) < 4.78 is 5.40. The van der Waals surface area contributed by atoms with E-state index >= 15 is 0 Å². The minimum atomic E-state index is 0. The van der Waals surface area contributed by atoms with E-state index in [1.807, 2.05) is 12.4 Å². The lowest BCUT2D eigenvalue weighted by atomic mass is 10.2. The van der Waals surface area contributed by atoms with Crippen molar-refractivity contribution in [3.05, 3.63) is 40.6 Å². The number of hydrogen-bond acceptors (Lipinski definition) is 2. The molecule has 0 spiro atoms. The van der Waals surface area contributed by atoms with Crippen molar-refractivity contribution >= 4 is 45.9 Å². The quantitative estimate of drug-likeness (QED) is 0.332. The molecule has 0 aliphatic carbocycles. The minimum Gasteiger partial charge on any atom is -0.357 e. The monoisotopic (exact) mass is 536 g/mol. The number of hydrogen-bond donors (Lipinski definition) is 1. The predicted octanol–water partition coefficient (Wildman–Crippen LogP) is 3.86. The average Bonchev–Trinajstić information content (AvgIpc) is 3.09. The van der Waals surface area contributed by atoms with E-state index < -0.39 is 0 Å². The zero-order valence-electron chi connectivity index (χ0n) is 16.2. The van der Waals surface area contributed by atoms with E-state index in [0.29, 0.717) is 12.5 Å². The third-order valence-electron chi connectivity index (χ3n) is 3.90. The largest absolute Gasteiger partial charge is 0.357 e. The number of aliphatic imine (C=N–C) groups is 1. The first kappa shape index (κ1) is 23.0. The maximum atomic E-state index is 4.78. The van der Waals surface area contributed by atoms with Gasteiger partial charge in [-0.25, -0.2) is 9.98 Å². The Bertz CT molecular complexity index is 706. The molecule has 0 saturated heterocycles. The summed E-state index contributed by atoms with van der Waals surface area (Å²) >= 11 is 3.53. The lowest BCUT2D eigenvalue weighted by molar-refractivity contribution is 0.460. The molecule has 0 unspecified atom stereocenters. The van der Waals surface area contributed by atoms with E-state index in [2.05, 4.69) is 87.4 Å². The van der Waals surface area contributed by atoms with Crippen molar-refractivity contribution in [2.45, 2.75) is 40.4 Å². The molecule has 1 N–H and O–H groups in total. The standard InChI is InChI=1S/C18H29BrN6.HI/c1-6-20-18(24(5)13-16-9-15(19)12-23(16)4)22-10-17-21-7-8-25(17)11-14(2)3;/h7-9,12,14H,6,10-11,13H2,1-5H3,(H,20,22);1H. The fourth-order valence-corrected chi connectivity index (χ4v) is 3.28. The molecule has 26 heavy (non-hydrogen) atoms. The molecule has 0 amide bonds. The third-order valence-corrected chi connectivity index (χ3v) is 4.34. The second kappa shape index (κ2) is 11.0. The summed E-state index contributed by atoms with van der Waals surface area (Å²) in [6.45, 7) is 9.67. The van der Waals surface area contributed by atoms with Gasteiger partial charge in [-0.1, -0.05) is 13.8 Å². The van der Waals surface area contributed by atoms with Crippen molar-refractivity contribution in [1.29, 1.82) is 0 Å². The van der Waals surface area contributed by atoms with Crippen molar-refractivity contribution in [3.63, 3.8) is 0 Å². The van der Waals surface area contributed by atoms with Gasteiger partial charge < -0.3 is 19.4 Å². The Balaban J connectivity index is 0.00000338. The zero-order valence-corrected chi connectivity index (χ0v) is 20.2. The Kier molecular flexibility index (Phi) is 9.70. The van der Waals surface area contributed by atoms with Crippen molar-refractivity contribution < 1.29 is 0 Å². The summed E-state index contributed by atoms with van der Waals surface area (Å²) in [6, 6.07) is 2.13. The van der Waals surface area contributed by atoms with Gasteiger partial charge in [0.2, 0.25) is 0 Å². The fourth-order valence-electron chi connectivity index (χ4n) is 2.71. The van der Waals surface area contributed by atoms with Crippen molar-refractivity contribution in [1.82, 2.24) is 24.3 Å². The number of nitrogens with zero attached hydrogens (tertiary/aromatic N) is 5. The lowest BCUT2D eigenvalue weighted by Gasteiger charge is -2.22. The van der Waals surface area contributed by atoms with Crippen LogP contribution in [0.2, 0.25) is 0 Å². The molecule has 0 saturated carbocycles. The van der Waals surface area contributed by atoms with E-state index in [1.54, 1.807) is 0 Å². The number of halogens is 2. The number of aromatic nitrogens is 3. The van der Waals surface area contributed by atoms with Crippen LogP contribution in [0.4, 0.5) is 0 Å². The molecule has 2 aromatic rings. The number of rotatable bonds is 7. The molecule has 0 aliphatic heterocycles. The first-order valence-electron chi connectivity index (χ1n) is 8.70. The van der Waals surface area contributed by atoms with Gasteiger partial charge in [-0.05, 0) is 34.8 Å². The molecule has 6 nitrogen and oxygen atoms in total. The number of guanidine groups is 1. The van der Waals surface area contributed by atoms with E-state index in [0.717, 1.165) is 35.9 Å². The van der Waals surface area contributed by atoms with Crippen LogP contribution in [0.3, 0.4) is 0 Å². The van der Waals surface area contributed by atoms with Crippen molar-refractivity contribution in [2.75, 3.05) is 13.6 Å². The Hall–Kier alpha value is -1.03. The molecule has 0 fully saturated rings. The Labute approximate surface area is 182 Å². The van der Waals surface area contributed by atoms with E-state index in [4.69, 9.17) is 4.99 Å². The van der Waals surface area contributed by atoms with Crippen molar-refractivity contribution in [2.24, 2.45) is 18.0 Å². The van der Waals surface area contributed by atoms with Gasteiger partial charge in [0.05, 0.1) is 6.54 Å². The van der Waals surface area contributed by atoms with Gasteiger partial charge in [-0.2, -0.15) is 0 Å². The van der Waals surface area contributed by atoms with Gasteiger partial charge in [0.25, 0.3) is 0 Å². The van der Waals surface area contributed by atoms with Crippen LogP contribution in [-0.2, 0) is 26.7 Å². The highest BCUT2D eigenvalue weighted by atomic mass is 127. The smallest absolute Gasteiger partial charge is 0.194 e. The summed E-state index contributed by atoms with van der Waals surface area (Å²) in [4.78, 5) is 11.4. The first-order chi connectivity index (χ1) is 11.9. The highest BCUT2D eigenvalue weighted by Crippen LogP contribution is 2.15. The Morgan fingerprint density at radius 2 is 2.15 bits per heavy atom. The Morgan fingerprint density at radius 1 is 1.42 bits per heavy atom. The molecular weight excluding hydrogens is 507 g/mol. The first-order valence-corrected chi connectivity index (χ1v) is 9.50. The van der Waals surface area contributed by atoms with E-state index in [-0.39, 0.29) is 24.0 Å². The summed E-state index contributed by atoms with van der Waals surface area (Å²) in [5.41, 5.74) is 1.22. The molecule has 2 rings (SSSR count). The van der Waals surface area contributed by atoms with E-state index in [9.17, 15) is 0 Å². The second-order valence-electron chi connectivity index (χ2n) is 6.68. The summed E-state index contributed by atoms with van der Waals surface area (Å²) in [6.07, 6.45) is 5.95. The Morgan fingerprint density at radius 3 is 2.73 bits per heavy atom. The fraction of sp³-hybridized carbons (Fsp3) is 0.556. The third kappa shape index (κ3) is 6.61. The molecule has 8 heteroatoms. The van der Waals surface area contributed by atoms with Crippen LogP contribution < -0.4 is 5.32 Å². The zero-order chi connectivity index (χ0) is 18.4. The predicted molar refractivity (Wildman–Crippen MR) is 122 cm³/mol. The van der Waals surface area contributed by atoms with Crippen LogP contribution in [0.25, 0.3) is 0 Å². The maximum absolute atomic E-state index is 4.78. The lowest BCUT2D eigenvalue weighted by Crippen LogP contribution is -2.38. The summed E-state index contributed by atoms with van der Waals surface area (Å²) in [7, 11) is 4.11. The molecule has 0 atom stereocenters. The van der Waals surface area contributed by atoms with Crippen molar-refractivity contribution in [3.8, 4) is 0 Å². The second-order valence-corrected chi connectivity index (χ2v) is 7.59. The maximum Gasteiger partial charge on any atom is 0.194 e. The highest BCUT2D eigenvalue weighted by molar-refractivity contribution is 14.0. The number of imidazole rings is 1. The van der Waals surface area contributed by atoms with Crippen LogP contribution >= 0.6 is 39.9 Å². The molecule has 0 bridgehead atoms. The topological polar surface area (TPSA) is 50.4 Å². The molecule has 2 heterocycles. The number of nitrogens with one attached hydrogen (secondary N) is 1. The average molecular weight is 537 g/mol. The summed E-state index contributed by atoms with van der Waals surface area (Å²) in [5, 5.41) is 3.37. The summed E-state index contributed by atoms with van der Waals surface area (Å²) in [5.74, 6) is 2.47. The molecule has 2 aromatic heterocycles. The number of aryl methyl sites for hydroxylation is 1. The van der Waals surface area contributed by atoms with Crippen LogP contribution in [0.15, 0.2) is 34.1 Å². The van der Waals surface area contributed by atoms with Gasteiger partial charge in [-0.3, -0.25) is 0 Å². The minimum absolute atomic E-state index is 0. The van der Waals surface area contributed by atoms with Gasteiger partial charge in [0.15, 0.2) is 5.96 Å². The molecule has 0 radical (unpaired) electrons. The van der Waals surface area contributed by atoms with Crippen LogP contribution in [0.5, 0.6) is 0 Å². The van der Waals surface area contributed by atoms with Crippen LogP contribution in [-0.4, -0.2) is 38.6 Å².